The van der Waals surface area contributed by atoms with Crippen LogP contribution in [0.5, 0.6) is 0 Å². The second-order valence-corrected chi connectivity index (χ2v) is 7.01. The monoisotopic (exact) mass is 395 g/mol. The van der Waals surface area contributed by atoms with Gasteiger partial charge in [-0.1, -0.05) is 6.07 Å². The topological polar surface area (TPSA) is 53.6 Å². The first-order chi connectivity index (χ1) is 10.8. The summed E-state index contributed by atoms with van der Waals surface area (Å²) in [5, 5.41) is 8.49. The van der Waals surface area contributed by atoms with Crippen LogP contribution in [0.25, 0.3) is 0 Å². The summed E-state index contributed by atoms with van der Waals surface area (Å²) in [6.07, 6.45) is 2.44. The van der Waals surface area contributed by atoms with E-state index in [1.807, 2.05) is 6.92 Å². The number of rotatable bonds is 5. The van der Waals surface area contributed by atoms with E-state index in [1.165, 1.54) is 17.7 Å². The Kier molecular flexibility index (Phi) is 9.56. The lowest BCUT2D eigenvalue weighted by Gasteiger charge is -2.31. The Morgan fingerprint density at radius 3 is 2.83 bits per heavy atom. The summed E-state index contributed by atoms with van der Waals surface area (Å²) in [6.45, 7) is 6.29. The lowest BCUT2D eigenvalue weighted by Crippen LogP contribution is -2.56. The number of hydrogen-bond acceptors (Lipinski definition) is 5. The van der Waals surface area contributed by atoms with Crippen molar-refractivity contribution in [3.05, 3.63) is 22.4 Å². The molecule has 3 heterocycles. The fourth-order valence-electron chi connectivity index (χ4n) is 3.28. The van der Waals surface area contributed by atoms with E-state index >= 15 is 0 Å². The number of amides is 1. The molecule has 3 rings (SSSR count). The van der Waals surface area contributed by atoms with Crippen LogP contribution in [0.3, 0.4) is 0 Å². The molecule has 2 aliphatic heterocycles. The van der Waals surface area contributed by atoms with Crippen LogP contribution in [0.2, 0.25) is 0 Å². The number of morpholine rings is 1. The summed E-state index contributed by atoms with van der Waals surface area (Å²) in [6, 6.07) is 4.32. The van der Waals surface area contributed by atoms with E-state index in [0.29, 0.717) is 19.2 Å². The van der Waals surface area contributed by atoms with Crippen molar-refractivity contribution in [2.75, 3.05) is 32.8 Å². The number of ether oxygens (including phenoxy) is 1. The lowest BCUT2D eigenvalue weighted by atomic mass is 10.1. The van der Waals surface area contributed by atoms with Crippen molar-refractivity contribution in [1.82, 2.24) is 15.5 Å². The van der Waals surface area contributed by atoms with Gasteiger partial charge in [0.05, 0.1) is 18.8 Å². The molecule has 2 saturated heterocycles. The van der Waals surface area contributed by atoms with Gasteiger partial charge in [0.1, 0.15) is 6.04 Å². The molecule has 8 heteroatoms. The summed E-state index contributed by atoms with van der Waals surface area (Å²) >= 11 is 1.77. The highest BCUT2D eigenvalue weighted by molar-refractivity contribution is 7.10. The van der Waals surface area contributed by atoms with Crippen LogP contribution in [-0.4, -0.2) is 55.7 Å². The molecule has 3 atom stereocenters. The van der Waals surface area contributed by atoms with E-state index in [4.69, 9.17) is 4.74 Å². The standard InChI is InChI=1S/C16H25N3O2S.2ClH/c1-12-15(17-6-9-21-12)16(20)18-11-13(14-5-4-10-22-14)19-7-2-3-8-19;;/h4-5,10,12-13,15,17H,2-3,6-9,11H2,1H3,(H,18,20);2*1H/t12-,13?,15+;;/m1../s1. The maximum absolute atomic E-state index is 12.4. The minimum Gasteiger partial charge on any atom is -0.375 e. The average Bonchev–Trinajstić information content (AvgIpc) is 3.21. The second-order valence-electron chi connectivity index (χ2n) is 6.03. The predicted molar refractivity (Wildman–Crippen MR) is 103 cm³/mol. The Hall–Kier alpha value is -0.370. The van der Waals surface area contributed by atoms with Crippen molar-refractivity contribution in [3.63, 3.8) is 0 Å². The Balaban J connectivity index is 0.00000144. The minimum atomic E-state index is -0.240. The minimum absolute atomic E-state index is 0. The van der Waals surface area contributed by atoms with E-state index in [0.717, 1.165) is 19.6 Å². The third kappa shape index (κ3) is 5.31. The largest absolute Gasteiger partial charge is 0.375 e. The molecular formula is C16H27Cl2N3O2S. The van der Waals surface area contributed by atoms with Crippen molar-refractivity contribution in [2.45, 2.75) is 38.0 Å². The van der Waals surface area contributed by atoms with Gasteiger partial charge >= 0.3 is 0 Å². The zero-order valence-electron chi connectivity index (χ0n) is 13.9. The van der Waals surface area contributed by atoms with Gasteiger partial charge in [-0.05, 0) is 44.3 Å². The van der Waals surface area contributed by atoms with E-state index in [2.05, 4.69) is 33.0 Å². The van der Waals surface area contributed by atoms with Gasteiger partial charge < -0.3 is 15.4 Å². The molecule has 2 aliphatic rings. The summed E-state index contributed by atoms with van der Waals surface area (Å²) < 4.78 is 5.56. The molecule has 0 saturated carbocycles. The first-order valence-electron chi connectivity index (χ1n) is 8.16. The molecule has 24 heavy (non-hydrogen) atoms. The molecule has 0 aliphatic carbocycles. The molecular weight excluding hydrogens is 369 g/mol. The summed E-state index contributed by atoms with van der Waals surface area (Å²) in [7, 11) is 0. The first-order valence-corrected chi connectivity index (χ1v) is 9.04. The van der Waals surface area contributed by atoms with Crippen LogP contribution in [0.15, 0.2) is 17.5 Å². The van der Waals surface area contributed by atoms with Crippen LogP contribution in [0, 0.1) is 0 Å². The quantitative estimate of drug-likeness (QED) is 0.802. The van der Waals surface area contributed by atoms with Crippen LogP contribution in [-0.2, 0) is 9.53 Å². The van der Waals surface area contributed by atoms with Crippen LogP contribution >= 0.6 is 36.2 Å². The lowest BCUT2D eigenvalue weighted by molar-refractivity contribution is -0.129. The second kappa shape index (κ2) is 10.6. The maximum Gasteiger partial charge on any atom is 0.239 e. The van der Waals surface area contributed by atoms with Crippen LogP contribution < -0.4 is 10.6 Å². The number of likely N-dealkylation sites (tertiary alicyclic amines) is 1. The molecule has 0 bridgehead atoms. The number of hydrogen-bond donors (Lipinski definition) is 2. The highest BCUT2D eigenvalue weighted by atomic mass is 35.5. The van der Waals surface area contributed by atoms with Crippen molar-refractivity contribution >= 4 is 42.1 Å². The molecule has 0 aromatic carbocycles. The summed E-state index contributed by atoms with van der Waals surface area (Å²) in [4.78, 5) is 16.3. The smallest absolute Gasteiger partial charge is 0.239 e. The van der Waals surface area contributed by atoms with E-state index in [-0.39, 0.29) is 42.9 Å². The van der Waals surface area contributed by atoms with Gasteiger partial charge in [-0.2, -0.15) is 0 Å². The molecule has 138 valence electrons. The predicted octanol–water partition coefficient (Wildman–Crippen LogP) is 2.22. The normalized spacial score (nSPS) is 25.4. The Labute approximate surface area is 160 Å². The Bertz CT molecular complexity index is 484. The third-order valence-electron chi connectivity index (χ3n) is 4.52. The number of nitrogens with zero attached hydrogens (tertiary/aromatic N) is 1. The molecule has 5 nitrogen and oxygen atoms in total. The zero-order valence-corrected chi connectivity index (χ0v) is 16.4. The van der Waals surface area contributed by atoms with E-state index in [9.17, 15) is 4.79 Å². The van der Waals surface area contributed by atoms with Gasteiger partial charge in [0.15, 0.2) is 0 Å². The molecule has 2 fully saturated rings. The van der Waals surface area contributed by atoms with Gasteiger partial charge in [0.2, 0.25) is 5.91 Å². The number of carbonyl (C=O) groups is 1. The number of thiophene rings is 1. The molecule has 2 N–H and O–H groups in total. The van der Waals surface area contributed by atoms with Crippen molar-refractivity contribution < 1.29 is 9.53 Å². The van der Waals surface area contributed by atoms with Crippen molar-refractivity contribution in [1.29, 1.82) is 0 Å². The maximum atomic E-state index is 12.4. The van der Waals surface area contributed by atoms with Gasteiger partial charge in [-0.15, -0.1) is 36.2 Å². The van der Waals surface area contributed by atoms with Crippen LogP contribution in [0.1, 0.15) is 30.7 Å². The number of carbonyl (C=O) groups excluding carboxylic acids is 1. The molecule has 1 amide bonds. The van der Waals surface area contributed by atoms with E-state index in [1.54, 1.807) is 11.3 Å². The first kappa shape index (κ1) is 21.7. The Morgan fingerprint density at radius 1 is 1.46 bits per heavy atom. The highest BCUT2D eigenvalue weighted by Crippen LogP contribution is 2.27. The fourth-order valence-corrected chi connectivity index (χ4v) is 4.14. The van der Waals surface area contributed by atoms with E-state index < -0.39 is 0 Å². The zero-order chi connectivity index (χ0) is 15.4. The molecule has 1 aromatic heterocycles. The third-order valence-corrected chi connectivity index (χ3v) is 5.50. The van der Waals surface area contributed by atoms with Crippen molar-refractivity contribution in [2.24, 2.45) is 0 Å². The molecule has 0 spiro atoms. The number of halogens is 2. The molecule has 1 unspecified atom stereocenters. The van der Waals surface area contributed by atoms with Gasteiger partial charge in [0, 0.05) is 18.0 Å². The van der Waals surface area contributed by atoms with Crippen molar-refractivity contribution in [3.8, 4) is 0 Å². The highest BCUT2D eigenvalue weighted by Gasteiger charge is 2.30. The average molecular weight is 396 g/mol. The molecule has 0 radical (unpaired) electrons. The van der Waals surface area contributed by atoms with Gasteiger partial charge in [-0.25, -0.2) is 0 Å². The van der Waals surface area contributed by atoms with Crippen LogP contribution in [0.4, 0.5) is 0 Å². The SMILES string of the molecule is C[C@H]1OCCN[C@@H]1C(=O)NCC(c1cccs1)N1CCCC1.Cl.Cl. The number of nitrogens with one attached hydrogen (secondary N) is 2. The molecule has 1 aromatic rings. The fraction of sp³-hybridized carbons (Fsp3) is 0.688. The summed E-state index contributed by atoms with van der Waals surface area (Å²) in [5.41, 5.74) is 0. The Morgan fingerprint density at radius 2 is 2.21 bits per heavy atom. The summed E-state index contributed by atoms with van der Waals surface area (Å²) in [5.74, 6) is 0.0490. The van der Waals surface area contributed by atoms with Gasteiger partial charge in [-0.3, -0.25) is 9.69 Å². The van der Waals surface area contributed by atoms with Gasteiger partial charge in [0.25, 0.3) is 0 Å².